The maximum Gasteiger partial charge on any atom is 0.305 e. The van der Waals surface area contributed by atoms with E-state index in [-0.39, 0.29) is 29.9 Å². The first kappa shape index (κ1) is 22.5. The molecule has 0 saturated carbocycles. The fourth-order valence-corrected chi connectivity index (χ4v) is 3.60. The number of unbranched alkanes of at least 4 members (excludes halogenated alkanes) is 3. The van der Waals surface area contributed by atoms with Crippen LogP contribution in [-0.2, 0) is 14.3 Å². The summed E-state index contributed by atoms with van der Waals surface area (Å²) in [7, 11) is 1.86. The molecule has 1 N–H and O–H groups in total. The van der Waals surface area contributed by atoms with Crippen LogP contribution < -0.4 is 5.32 Å². The Morgan fingerprint density at radius 1 is 1.28 bits per heavy atom. The molecule has 2 heterocycles. The fraction of sp³-hybridized carbons (Fsp3) is 0.889. The van der Waals surface area contributed by atoms with Gasteiger partial charge in [0.1, 0.15) is 0 Å². The molecule has 1 spiro atoms. The van der Waals surface area contributed by atoms with Crippen molar-refractivity contribution in [3.05, 3.63) is 0 Å². The summed E-state index contributed by atoms with van der Waals surface area (Å²) in [6.45, 7) is 7.21. The van der Waals surface area contributed by atoms with Crippen LogP contribution in [0.2, 0.25) is 0 Å². The summed E-state index contributed by atoms with van der Waals surface area (Å²) in [6.07, 6.45) is 7.15. The van der Waals surface area contributed by atoms with Crippen molar-refractivity contribution in [1.29, 1.82) is 0 Å². The van der Waals surface area contributed by atoms with Gasteiger partial charge in [0.2, 0.25) is 0 Å². The molecule has 0 aromatic rings. The van der Waals surface area contributed by atoms with Gasteiger partial charge in [-0.15, -0.1) is 24.0 Å². The number of nitrogens with zero attached hydrogens (tertiary/aromatic N) is 2. The van der Waals surface area contributed by atoms with Crippen molar-refractivity contribution in [1.82, 2.24) is 10.2 Å². The van der Waals surface area contributed by atoms with Crippen molar-refractivity contribution >= 4 is 35.9 Å². The molecule has 7 heteroatoms. The van der Waals surface area contributed by atoms with Crippen LogP contribution in [0.5, 0.6) is 0 Å². The average molecular weight is 467 g/mol. The summed E-state index contributed by atoms with van der Waals surface area (Å²) in [5.41, 5.74) is 0.366. The number of likely N-dealkylation sites (tertiary alicyclic amines) is 1. The Labute approximate surface area is 169 Å². The molecule has 0 aromatic carbocycles. The summed E-state index contributed by atoms with van der Waals surface area (Å²) in [4.78, 5) is 18.1. The Hall–Kier alpha value is -0.570. The van der Waals surface area contributed by atoms with Crippen molar-refractivity contribution in [2.75, 3.05) is 46.5 Å². The van der Waals surface area contributed by atoms with E-state index in [0.717, 1.165) is 64.5 Å². The highest BCUT2D eigenvalue weighted by Gasteiger charge is 2.42. The van der Waals surface area contributed by atoms with Crippen LogP contribution in [0.3, 0.4) is 0 Å². The van der Waals surface area contributed by atoms with E-state index >= 15 is 0 Å². The van der Waals surface area contributed by atoms with Crippen LogP contribution in [0.15, 0.2) is 4.99 Å². The molecule has 0 radical (unpaired) electrons. The minimum Gasteiger partial charge on any atom is -0.466 e. The summed E-state index contributed by atoms with van der Waals surface area (Å²) in [6, 6.07) is 0. The van der Waals surface area contributed by atoms with Crippen LogP contribution in [-0.4, -0.2) is 63.3 Å². The van der Waals surface area contributed by atoms with E-state index < -0.39 is 0 Å². The van der Waals surface area contributed by atoms with Gasteiger partial charge in [0.05, 0.1) is 13.2 Å². The molecule has 2 fully saturated rings. The number of ether oxygens (including phenoxy) is 2. The zero-order chi connectivity index (χ0) is 17.3. The lowest BCUT2D eigenvalue weighted by atomic mass is 9.87. The predicted octanol–water partition coefficient (Wildman–Crippen LogP) is 2.81. The third-order valence-electron chi connectivity index (χ3n) is 5.03. The van der Waals surface area contributed by atoms with Gasteiger partial charge in [-0.3, -0.25) is 9.79 Å². The molecule has 146 valence electrons. The van der Waals surface area contributed by atoms with Crippen molar-refractivity contribution in [2.24, 2.45) is 10.4 Å². The Morgan fingerprint density at radius 3 is 2.76 bits per heavy atom. The SMILES string of the molecule is CCOC(=O)CCCCCCNC(=NC)N1CCC2(CCOC2)C1.I. The second-order valence-corrected chi connectivity index (χ2v) is 6.92. The Bertz CT molecular complexity index is 426. The second-order valence-electron chi connectivity index (χ2n) is 6.92. The lowest BCUT2D eigenvalue weighted by Crippen LogP contribution is -2.41. The molecule has 0 amide bonds. The monoisotopic (exact) mass is 467 g/mol. The minimum absolute atomic E-state index is 0. The smallest absolute Gasteiger partial charge is 0.305 e. The normalized spacial score (nSPS) is 23.0. The van der Waals surface area contributed by atoms with E-state index in [1.165, 1.54) is 12.8 Å². The second kappa shape index (κ2) is 11.9. The highest BCUT2D eigenvalue weighted by Crippen LogP contribution is 2.38. The highest BCUT2D eigenvalue weighted by molar-refractivity contribution is 14.0. The molecule has 2 rings (SSSR count). The number of nitrogens with one attached hydrogen (secondary N) is 1. The van der Waals surface area contributed by atoms with E-state index in [2.05, 4.69) is 15.2 Å². The number of guanidine groups is 1. The molecule has 0 bridgehead atoms. The number of rotatable bonds is 8. The molecule has 1 atom stereocenters. The first-order valence-corrected chi connectivity index (χ1v) is 9.38. The number of carbonyl (C=O) groups is 1. The molecule has 2 saturated heterocycles. The van der Waals surface area contributed by atoms with E-state index in [0.29, 0.717) is 18.4 Å². The van der Waals surface area contributed by atoms with Gasteiger partial charge in [0, 0.05) is 45.1 Å². The first-order chi connectivity index (χ1) is 11.7. The van der Waals surface area contributed by atoms with Gasteiger partial charge < -0.3 is 19.7 Å². The van der Waals surface area contributed by atoms with Gasteiger partial charge in [-0.2, -0.15) is 0 Å². The summed E-state index contributed by atoms with van der Waals surface area (Å²) in [5.74, 6) is 0.945. The van der Waals surface area contributed by atoms with Gasteiger partial charge in [-0.25, -0.2) is 0 Å². The largest absolute Gasteiger partial charge is 0.466 e. The predicted molar refractivity (Wildman–Crippen MR) is 111 cm³/mol. The lowest BCUT2D eigenvalue weighted by Gasteiger charge is -2.24. The first-order valence-electron chi connectivity index (χ1n) is 9.38. The van der Waals surface area contributed by atoms with E-state index in [1.54, 1.807) is 0 Å². The minimum atomic E-state index is -0.0742. The molecule has 6 nitrogen and oxygen atoms in total. The summed E-state index contributed by atoms with van der Waals surface area (Å²) in [5, 5.41) is 3.48. The Morgan fingerprint density at radius 2 is 2.08 bits per heavy atom. The van der Waals surface area contributed by atoms with Crippen LogP contribution in [0.25, 0.3) is 0 Å². The Balaban J connectivity index is 0.00000312. The number of aliphatic imine (C=N–C) groups is 1. The van der Waals surface area contributed by atoms with Crippen molar-refractivity contribution in [3.8, 4) is 0 Å². The zero-order valence-electron chi connectivity index (χ0n) is 15.7. The maximum absolute atomic E-state index is 11.2. The molecular formula is C18H34IN3O3. The zero-order valence-corrected chi connectivity index (χ0v) is 18.1. The van der Waals surface area contributed by atoms with Crippen molar-refractivity contribution in [2.45, 2.75) is 51.9 Å². The van der Waals surface area contributed by atoms with Crippen LogP contribution in [0.1, 0.15) is 51.9 Å². The quantitative estimate of drug-likeness (QED) is 0.196. The number of halogens is 1. The van der Waals surface area contributed by atoms with E-state index in [1.807, 2.05) is 14.0 Å². The van der Waals surface area contributed by atoms with E-state index in [4.69, 9.17) is 9.47 Å². The summed E-state index contributed by atoms with van der Waals surface area (Å²) < 4.78 is 10.5. The number of hydrogen-bond donors (Lipinski definition) is 1. The van der Waals surface area contributed by atoms with Crippen molar-refractivity contribution < 1.29 is 14.3 Å². The van der Waals surface area contributed by atoms with Gasteiger partial charge in [-0.1, -0.05) is 12.8 Å². The van der Waals surface area contributed by atoms with Crippen LogP contribution in [0.4, 0.5) is 0 Å². The average Bonchev–Trinajstić information content (AvgIpc) is 3.21. The molecule has 2 aliphatic rings. The highest BCUT2D eigenvalue weighted by atomic mass is 127. The lowest BCUT2D eigenvalue weighted by molar-refractivity contribution is -0.143. The van der Waals surface area contributed by atoms with E-state index in [9.17, 15) is 4.79 Å². The molecule has 25 heavy (non-hydrogen) atoms. The van der Waals surface area contributed by atoms with Crippen LogP contribution >= 0.6 is 24.0 Å². The molecule has 0 aliphatic carbocycles. The van der Waals surface area contributed by atoms with Gasteiger partial charge >= 0.3 is 5.97 Å². The topological polar surface area (TPSA) is 63.2 Å². The van der Waals surface area contributed by atoms with Crippen molar-refractivity contribution in [3.63, 3.8) is 0 Å². The van der Waals surface area contributed by atoms with Gasteiger partial charge in [-0.05, 0) is 32.6 Å². The third-order valence-corrected chi connectivity index (χ3v) is 5.03. The number of carbonyl (C=O) groups excluding carboxylic acids is 1. The molecule has 2 aliphatic heterocycles. The van der Waals surface area contributed by atoms with Crippen LogP contribution in [0, 0.1) is 5.41 Å². The standard InChI is InChI=1S/C18H33N3O3.HI/c1-3-24-16(22)8-6-4-5-7-11-20-17(19-2)21-12-9-18(14-21)10-13-23-15-18;/h3-15H2,1-2H3,(H,19,20);1H. The molecule has 1 unspecified atom stereocenters. The fourth-order valence-electron chi connectivity index (χ4n) is 3.60. The van der Waals surface area contributed by atoms with Gasteiger partial charge in [0.15, 0.2) is 5.96 Å². The maximum atomic E-state index is 11.2. The number of esters is 1. The van der Waals surface area contributed by atoms with Gasteiger partial charge in [0.25, 0.3) is 0 Å². The molecule has 0 aromatic heterocycles. The third kappa shape index (κ3) is 7.29. The Kier molecular flexibility index (Phi) is 10.7. The number of hydrogen-bond acceptors (Lipinski definition) is 4. The summed E-state index contributed by atoms with van der Waals surface area (Å²) >= 11 is 0. The molecular weight excluding hydrogens is 433 g/mol.